The van der Waals surface area contributed by atoms with Crippen molar-refractivity contribution >= 4 is 17.2 Å². The molecule has 1 aliphatic carbocycles. The van der Waals surface area contributed by atoms with E-state index in [2.05, 4.69) is 21.7 Å². The summed E-state index contributed by atoms with van der Waals surface area (Å²) in [4.78, 5) is 16.4. The Balaban J connectivity index is 1.41. The number of hydrogen-bond acceptors (Lipinski definition) is 3. The zero-order valence-electron chi connectivity index (χ0n) is 12.5. The predicted molar refractivity (Wildman–Crippen MR) is 85.3 cm³/mol. The van der Waals surface area contributed by atoms with Crippen molar-refractivity contribution in [2.45, 2.75) is 63.6 Å². The SMILES string of the molecule is O=C(C1CCC2CCCCC2N1)N1CCc2sccc2C1. The van der Waals surface area contributed by atoms with Crippen LogP contribution in [-0.4, -0.2) is 29.4 Å². The lowest BCUT2D eigenvalue weighted by atomic mass is 9.77. The molecule has 0 spiro atoms. The number of nitrogens with one attached hydrogen (secondary N) is 1. The van der Waals surface area contributed by atoms with E-state index in [1.165, 1.54) is 42.5 Å². The number of hydrogen-bond donors (Lipinski definition) is 1. The molecule has 3 aliphatic rings. The van der Waals surface area contributed by atoms with Crippen LogP contribution in [0.2, 0.25) is 0 Å². The van der Waals surface area contributed by atoms with Crippen LogP contribution in [0.1, 0.15) is 49.0 Å². The third-order valence-electron chi connectivity index (χ3n) is 5.57. The maximum Gasteiger partial charge on any atom is 0.240 e. The lowest BCUT2D eigenvalue weighted by Gasteiger charge is -2.41. The van der Waals surface area contributed by atoms with Crippen LogP contribution in [0.5, 0.6) is 0 Å². The van der Waals surface area contributed by atoms with E-state index in [1.807, 2.05) is 11.3 Å². The minimum Gasteiger partial charge on any atom is -0.337 e. The molecule has 0 bridgehead atoms. The number of fused-ring (bicyclic) bond motifs is 2. The van der Waals surface area contributed by atoms with E-state index in [1.54, 1.807) is 0 Å². The molecule has 114 valence electrons. The number of thiophene rings is 1. The van der Waals surface area contributed by atoms with Gasteiger partial charge in [-0.1, -0.05) is 12.8 Å². The first-order valence-electron chi connectivity index (χ1n) is 8.41. The quantitative estimate of drug-likeness (QED) is 0.865. The van der Waals surface area contributed by atoms with Crippen LogP contribution < -0.4 is 5.32 Å². The normalized spacial score (nSPS) is 32.4. The van der Waals surface area contributed by atoms with Gasteiger partial charge in [-0.05, 0) is 55.0 Å². The fraction of sp³-hybridized carbons (Fsp3) is 0.706. The van der Waals surface area contributed by atoms with Crippen molar-refractivity contribution < 1.29 is 4.79 Å². The monoisotopic (exact) mass is 304 g/mol. The van der Waals surface area contributed by atoms with Crippen LogP contribution in [0.4, 0.5) is 0 Å². The third kappa shape index (κ3) is 2.64. The second kappa shape index (κ2) is 5.73. The first-order chi connectivity index (χ1) is 10.3. The van der Waals surface area contributed by atoms with E-state index in [-0.39, 0.29) is 6.04 Å². The molecule has 1 amide bonds. The number of carbonyl (C=O) groups is 1. The summed E-state index contributed by atoms with van der Waals surface area (Å²) in [6, 6.07) is 2.86. The topological polar surface area (TPSA) is 32.3 Å². The van der Waals surface area contributed by atoms with Crippen molar-refractivity contribution in [3.63, 3.8) is 0 Å². The smallest absolute Gasteiger partial charge is 0.240 e. The van der Waals surface area contributed by atoms with Gasteiger partial charge >= 0.3 is 0 Å². The van der Waals surface area contributed by atoms with Gasteiger partial charge in [-0.3, -0.25) is 4.79 Å². The van der Waals surface area contributed by atoms with Gasteiger partial charge < -0.3 is 10.2 Å². The Bertz CT molecular complexity index is 527. The van der Waals surface area contributed by atoms with Gasteiger partial charge in [-0.15, -0.1) is 11.3 Å². The van der Waals surface area contributed by atoms with Gasteiger partial charge in [0.1, 0.15) is 0 Å². The van der Waals surface area contributed by atoms with E-state index < -0.39 is 0 Å². The van der Waals surface area contributed by atoms with Gasteiger partial charge in [0.05, 0.1) is 6.04 Å². The van der Waals surface area contributed by atoms with Gasteiger partial charge in [-0.25, -0.2) is 0 Å². The third-order valence-corrected chi connectivity index (χ3v) is 6.59. The Morgan fingerprint density at radius 3 is 3.10 bits per heavy atom. The highest BCUT2D eigenvalue weighted by molar-refractivity contribution is 7.10. The van der Waals surface area contributed by atoms with Crippen molar-refractivity contribution in [2.75, 3.05) is 6.54 Å². The Hall–Kier alpha value is -0.870. The van der Waals surface area contributed by atoms with Gasteiger partial charge in [0.25, 0.3) is 0 Å². The highest BCUT2D eigenvalue weighted by Gasteiger charge is 2.36. The molecule has 1 aromatic rings. The van der Waals surface area contributed by atoms with Crippen LogP contribution in [0.25, 0.3) is 0 Å². The van der Waals surface area contributed by atoms with Gasteiger partial charge in [-0.2, -0.15) is 0 Å². The van der Waals surface area contributed by atoms with Crippen LogP contribution >= 0.6 is 11.3 Å². The average Bonchev–Trinajstić information content (AvgIpc) is 3.01. The fourth-order valence-corrected chi connectivity index (χ4v) is 5.24. The molecular weight excluding hydrogens is 280 g/mol. The zero-order valence-corrected chi connectivity index (χ0v) is 13.3. The summed E-state index contributed by atoms with van der Waals surface area (Å²) in [5.41, 5.74) is 1.37. The van der Waals surface area contributed by atoms with Crippen molar-refractivity contribution in [2.24, 2.45) is 5.92 Å². The number of amides is 1. The minimum atomic E-state index is 0.0736. The molecule has 1 aromatic heterocycles. The minimum absolute atomic E-state index is 0.0736. The fourth-order valence-electron chi connectivity index (χ4n) is 4.35. The van der Waals surface area contributed by atoms with Crippen molar-refractivity contribution in [3.05, 3.63) is 21.9 Å². The van der Waals surface area contributed by atoms with Gasteiger partial charge in [0.15, 0.2) is 0 Å². The molecule has 2 aliphatic heterocycles. The standard InChI is InChI=1S/C17H24N2OS/c20-17(19-9-7-16-13(11-19)8-10-21-16)15-6-5-12-3-1-2-4-14(12)18-15/h8,10,12,14-15,18H,1-7,9,11H2. The molecule has 0 radical (unpaired) electrons. The summed E-state index contributed by atoms with van der Waals surface area (Å²) in [6.07, 6.45) is 8.66. The van der Waals surface area contributed by atoms with Crippen LogP contribution in [-0.2, 0) is 17.8 Å². The van der Waals surface area contributed by atoms with Gasteiger partial charge in [0.2, 0.25) is 5.91 Å². The Labute approximate surface area is 130 Å². The molecule has 1 saturated carbocycles. The molecule has 2 fully saturated rings. The molecule has 4 heteroatoms. The number of rotatable bonds is 1. The first kappa shape index (κ1) is 13.8. The van der Waals surface area contributed by atoms with Gasteiger partial charge in [0, 0.05) is 24.0 Å². The summed E-state index contributed by atoms with van der Waals surface area (Å²) in [5, 5.41) is 5.84. The largest absolute Gasteiger partial charge is 0.337 e. The zero-order chi connectivity index (χ0) is 14.2. The number of nitrogens with zero attached hydrogens (tertiary/aromatic N) is 1. The number of carbonyl (C=O) groups excluding carboxylic acids is 1. The molecule has 3 unspecified atom stereocenters. The van der Waals surface area contributed by atoms with E-state index >= 15 is 0 Å². The molecule has 1 saturated heterocycles. The summed E-state index contributed by atoms with van der Waals surface area (Å²) < 4.78 is 0. The molecule has 3 heterocycles. The lowest BCUT2D eigenvalue weighted by molar-refractivity contribution is -0.135. The molecule has 21 heavy (non-hydrogen) atoms. The Morgan fingerprint density at radius 2 is 2.14 bits per heavy atom. The van der Waals surface area contributed by atoms with Crippen LogP contribution in [0.3, 0.4) is 0 Å². The molecule has 1 N–H and O–H groups in total. The molecular formula is C17H24N2OS. The average molecular weight is 304 g/mol. The van der Waals surface area contributed by atoms with E-state index in [4.69, 9.17) is 0 Å². The predicted octanol–water partition coefficient (Wildman–Crippen LogP) is 2.94. The van der Waals surface area contributed by atoms with Crippen molar-refractivity contribution in [1.82, 2.24) is 10.2 Å². The van der Waals surface area contributed by atoms with Crippen molar-refractivity contribution in [3.8, 4) is 0 Å². The summed E-state index contributed by atoms with van der Waals surface area (Å²) >= 11 is 1.84. The molecule has 0 aromatic carbocycles. The molecule has 3 atom stereocenters. The highest BCUT2D eigenvalue weighted by Crippen LogP contribution is 2.33. The Kier molecular flexibility index (Phi) is 3.76. The summed E-state index contributed by atoms with van der Waals surface area (Å²) in [7, 11) is 0. The van der Waals surface area contributed by atoms with Crippen LogP contribution in [0, 0.1) is 5.92 Å². The number of piperidine rings is 1. The van der Waals surface area contributed by atoms with E-state index in [0.29, 0.717) is 11.9 Å². The first-order valence-corrected chi connectivity index (χ1v) is 9.29. The lowest BCUT2D eigenvalue weighted by Crippen LogP contribution is -2.56. The van der Waals surface area contributed by atoms with E-state index in [9.17, 15) is 4.79 Å². The summed E-state index contributed by atoms with van der Waals surface area (Å²) in [5.74, 6) is 1.17. The van der Waals surface area contributed by atoms with Crippen molar-refractivity contribution in [1.29, 1.82) is 0 Å². The summed E-state index contributed by atoms with van der Waals surface area (Å²) in [6.45, 7) is 1.72. The second-order valence-corrected chi connectivity index (χ2v) is 7.83. The second-order valence-electron chi connectivity index (χ2n) is 6.83. The van der Waals surface area contributed by atoms with E-state index in [0.717, 1.165) is 31.8 Å². The maximum absolute atomic E-state index is 12.8. The molecule has 4 rings (SSSR count). The highest BCUT2D eigenvalue weighted by atomic mass is 32.1. The maximum atomic E-state index is 12.8. The molecule has 3 nitrogen and oxygen atoms in total. The Morgan fingerprint density at radius 1 is 1.24 bits per heavy atom. The van der Waals surface area contributed by atoms with Crippen LogP contribution in [0.15, 0.2) is 11.4 Å².